The summed E-state index contributed by atoms with van der Waals surface area (Å²) in [4.78, 5) is 20.2. The Morgan fingerprint density at radius 1 is 1.26 bits per heavy atom. The first-order valence-electron chi connectivity index (χ1n) is 7.93. The van der Waals surface area contributed by atoms with E-state index < -0.39 is 0 Å². The Labute approximate surface area is 134 Å². The number of benzene rings is 1. The summed E-state index contributed by atoms with van der Waals surface area (Å²) in [7, 11) is 0. The van der Waals surface area contributed by atoms with Gasteiger partial charge in [0, 0.05) is 24.8 Å². The number of aromatic nitrogens is 3. The highest BCUT2D eigenvalue weighted by Gasteiger charge is 2.16. The molecule has 1 amide bonds. The van der Waals surface area contributed by atoms with Crippen molar-refractivity contribution in [2.75, 3.05) is 5.73 Å². The molecule has 6 heteroatoms. The summed E-state index contributed by atoms with van der Waals surface area (Å²) in [5.74, 6) is 1.15. The summed E-state index contributed by atoms with van der Waals surface area (Å²) in [6, 6.07) is 7.92. The van der Waals surface area contributed by atoms with Crippen LogP contribution in [0.25, 0.3) is 21.9 Å². The summed E-state index contributed by atoms with van der Waals surface area (Å²) in [6.07, 6.45) is 2.90. The van der Waals surface area contributed by atoms with E-state index in [1.165, 1.54) is 0 Å². The van der Waals surface area contributed by atoms with Crippen molar-refractivity contribution in [1.82, 2.24) is 14.5 Å². The van der Waals surface area contributed by atoms with E-state index in [1.54, 1.807) is 0 Å². The van der Waals surface area contributed by atoms with E-state index in [1.807, 2.05) is 24.3 Å². The minimum Gasteiger partial charge on any atom is -0.382 e. The van der Waals surface area contributed by atoms with E-state index >= 15 is 0 Å². The Balaban J connectivity index is 2.20. The minimum atomic E-state index is -0.280. The van der Waals surface area contributed by atoms with E-state index in [9.17, 15) is 4.79 Å². The second-order valence-corrected chi connectivity index (χ2v) is 5.71. The minimum absolute atomic E-state index is 0.280. The van der Waals surface area contributed by atoms with Crippen molar-refractivity contribution in [2.24, 2.45) is 5.73 Å². The van der Waals surface area contributed by atoms with Crippen molar-refractivity contribution in [3.05, 3.63) is 30.1 Å². The summed E-state index contributed by atoms with van der Waals surface area (Å²) in [6.45, 7) is 2.81. The number of aryl methyl sites for hydroxylation is 2. The quantitative estimate of drug-likeness (QED) is 0.730. The molecule has 6 nitrogen and oxygen atoms in total. The molecule has 0 aliphatic carbocycles. The fourth-order valence-corrected chi connectivity index (χ4v) is 2.97. The van der Waals surface area contributed by atoms with E-state index in [4.69, 9.17) is 16.5 Å². The number of hydrogen-bond acceptors (Lipinski definition) is 4. The molecule has 0 atom stereocenters. The normalized spacial score (nSPS) is 11.3. The first kappa shape index (κ1) is 15.3. The number of para-hydroxylation sites is 1. The average molecular weight is 311 g/mol. The van der Waals surface area contributed by atoms with Gasteiger partial charge in [0.25, 0.3) is 0 Å². The maximum Gasteiger partial charge on any atom is 0.217 e. The van der Waals surface area contributed by atoms with Crippen molar-refractivity contribution in [3.63, 3.8) is 0 Å². The van der Waals surface area contributed by atoms with Crippen LogP contribution in [0.15, 0.2) is 24.3 Å². The summed E-state index contributed by atoms with van der Waals surface area (Å²) in [5.41, 5.74) is 14.0. The number of rotatable bonds is 6. The molecule has 0 spiro atoms. The van der Waals surface area contributed by atoms with Crippen LogP contribution in [0.4, 0.5) is 5.82 Å². The van der Waals surface area contributed by atoms with Crippen LogP contribution in [0.2, 0.25) is 0 Å². The largest absolute Gasteiger partial charge is 0.382 e. The summed E-state index contributed by atoms with van der Waals surface area (Å²) >= 11 is 0. The van der Waals surface area contributed by atoms with Crippen LogP contribution in [0.5, 0.6) is 0 Å². The van der Waals surface area contributed by atoms with Gasteiger partial charge in [-0.3, -0.25) is 4.79 Å². The third kappa shape index (κ3) is 2.84. The topological polar surface area (TPSA) is 99.8 Å². The number of anilines is 1. The zero-order valence-electron chi connectivity index (χ0n) is 13.2. The van der Waals surface area contributed by atoms with Gasteiger partial charge in [-0.25, -0.2) is 9.97 Å². The van der Waals surface area contributed by atoms with Gasteiger partial charge >= 0.3 is 0 Å². The van der Waals surface area contributed by atoms with Gasteiger partial charge < -0.3 is 16.0 Å². The van der Waals surface area contributed by atoms with Gasteiger partial charge in [0.2, 0.25) is 5.91 Å². The molecule has 0 unspecified atom stereocenters. The first-order chi connectivity index (χ1) is 11.1. The van der Waals surface area contributed by atoms with Crippen LogP contribution < -0.4 is 11.5 Å². The van der Waals surface area contributed by atoms with E-state index in [-0.39, 0.29) is 5.91 Å². The van der Waals surface area contributed by atoms with Gasteiger partial charge in [-0.1, -0.05) is 25.1 Å². The zero-order chi connectivity index (χ0) is 16.4. The molecule has 0 bridgehead atoms. The number of nitrogen functional groups attached to an aromatic ring is 1. The van der Waals surface area contributed by atoms with Crippen molar-refractivity contribution in [3.8, 4) is 0 Å². The number of pyridine rings is 1. The average Bonchev–Trinajstić information content (AvgIpc) is 2.87. The second-order valence-electron chi connectivity index (χ2n) is 5.71. The van der Waals surface area contributed by atoms with Gasteiger partial charge in [0.05, 0.1) is 11.0 Å². The molecule has 1 aromatic carbocycles. The maximum atomic E-state index is 11.0. The van der Waals surface area contributed by atoms with Gasteiger partial charge in [-0.15, -0.1) is 0 Å². The molecule has 0 aliphatic heterocycles. The first-order valence-corrected chi connectivity index (χ1v) is 7.93. The van der Waals surface area contributed by atoms with Crippen LogP contribution in [0.3, 0.4) is 0 Å². The number of amides is 1. The lowest BCUT2D eigenvalue weighted by atomic mass is 10.2. The molecule has 120 valence electrons. The van der Waals surface area contributed by atoms with Gasteiger partial charge in [-0.2, -0.15) is 0 Å². The Morgan fingerprint density at radius 3 is 2.78 bits per heavy atom. The molecule has 23 heavy (non-hydrogen) atoms. The van der Waals surface area contributed by atoms with Crippen LogP contribution in [-0.4, -0.2) is 20.4 Å². The summed E-state index contributed by atoms with van der Waals surface area (Å²) in [5, 5.41) is 1.03. The lowest BCUT2D eigenvalue weighted by Crippen LogP contribution is -2.12. The standard InChI is InChI=1S/C17H21N5O/c1-2-6-14-21-15-16(22(14)10-5-9-13(18)23)11-7-3-4-8-12(11)20-17(15)19/h3-4,7-8H,2,5-6,9-10H2,1H3,(H2,18,23)(H2,19,20). The Hall–Kier alpha value is -2.63. The van der Waals surface area contributed by atoms with Gasteiger partial charge in [0.1, 0.15) is 11.3 Å². The number of primary amides is 1. The molecule has 0 saturated heterocycles. The molecule has 2 heterocycles. The zero-order valence-corrected chi connectivity index (χ0v) is 13.2. The predicted octanol–water partition coefficient (Wildman–Crippen LogP) is 2.38. The number of nitrogens with zero attached hydrogens (tertiary/aromatic N) is 3. The molecule has 4 N–H and O–H groups in total. The number of fused-ring (bicyclic) bond motifs is 3. The number of hydrogen-bond donors (Lipinski definition) is 2. The molecule has 0 radical (unpaired) electrons. The Kier molecular flexibility index (Phi) is 4.14. The smallest absolute Gasteiger partial charge is 0.217 e. The van der Waals surface area contributed by atoms with Crippen LogP contribution >= 0.6 is 0 Å². The number of nitrogens with two attached hydrogens (primary N) is 2. The molecule has 2 aromatic heterocycles. The lowest BCUT2D eigenvalue weighted by molar-refractivity contribution is -0.118. The highest BCUT2D eigenvalue weighted by molar-refractivity contribution is 6.06. The van der Waals surface area contributed by atoms with Crippen LogP contribution in [0, 0.1) is 0 Å². The molecule has 3 rings (SSSR count). The molecular formula is C17H21N5O. The molecule has 0 aliphatic rings. The molecule has 0 fully saturated rings. The second kappa shape index (κ2) is 6.24. The number of imidazole rings is 1. The van der Waals surface area contributed by atoms with Crippen LogP contribution in [0.1, 0.15) is 32.0 Å². The van der Waals surface area contributed by atoms with Crippen LogP contribution in [-0.2, 0) is 17.8 Å². The van der Waals surface area contributed by atoms with Crippen molar-refractivity contribution in [2.45, 2.75) is 39.2 Å². The van der Waals surface area contributed by atoms with Crippen molar-refractivity contribution < 1.29 is 4.79 Å². The SMILES string of the molecule is CCCc1nc2c(N)nc3ccccc3c2n1CCCC(N)=O. The number of carbonyl (C=O) groups excluding carboxylic acids is 1. The third-order valence-electron chi connectivity index (χ3n) is 3.97. The highest BCUT2D eigenvalue weighted by atomic mass is 16.1. The summed E-state index contributed by atoms with van der Waals surface area (Å²) < 4.78 is 2.17. The molecule has 0 saturated carbocycles. The fourth-order valence-electron chi connectivity index (χ4n) is 2.97. The van der Waals surface area contributed by atoms with Gasteiger partial charge in [-0.05, 0) is 18.9 Å². The lowest BCUT2D eigenvalue weighted by Gasteiger charge is -2.10. The predicted molar refractivity (Wildman–Crippen MR) is 91.9 cm³/mol. The number of carbonyl (C=O) groups is 1. The van der Waals surface area contributed by atoms with E-state index in [2.05, 4.69) is 16.5 Å². The fraction of sp³-hybridized carbons (Fsp3) is 0.353. The van der Waals surface area contributed by atoms with Crippen molar-refractivity contribution >= 4 is 33.7 Å². The maximum absolute atomic E-state index is 11.0. The Bertz CT molecular complexity index is 868. The van der Waals surface area contributed by atoms with Gasteiger partial charge in [0.15, 0.2) is 5.82 Å². The highest BCUT2D eigenvalue weighted by Crippen LogP contribution is 2.29. The molecule has 3 aromatic rings. The van der Waals surface area contributed by atoms with Crippen molar-refractivity contribution in [1.29, 1.82) is 0 Å². The van der Waals surface area contributed by atoms with E-state index in [0.717, 1.165) is 40.6 Å². The van der Waals surface area contributed by atoms with E-state index in [0.29, 0.717) is 25.2 Å². The Morgan fingerprint density at radius 2 is 2.04 bits per heavy atom. The monoisotopic (exact) mass is 311 g/mol. The molecular weight excluding hydrogens is 290 g/mol. The third-order valence-corrected chi connectivity index (χ3v) is 3.97.